The molecule has 8 heteroatoms. The Kier molecular flexibility index (Phi) is 3.07. The summed E-state index contributed by atoms with van der Waals surface area (Å²) in [6, 6.07) is 4.42. The molecule has 7 nitrogen and oxygen atoms in total. The van der Waals surface area contributed by atoms with Gasteiger partial charge in [0.25, 0.3) is 0 Å². The molecule has 1 aromatic carbocycles. The average molecular weight is 277 g/mol. The van der Waals surface area contributed by atoms with E-state index in [0.717, 1.165) is 0 Å². The maximum Gasteiger partial charge on any atom is 0.414 e. The van der Waals surface area contributed by atoms with Crippen LogP contribution in [0.3, 0.4) is 0 Å². The van der Waals surface area contributed by atoms with Gasteiger partial charge in [-0.1, -0.05) is 0 Å². The maximum atomic E-state index is 14.1. The highest BCUT2D eigenvalue weighted by atomic mass is 19.1. The molecule has 0 unspecified atom stereocenters. The summed E-state index contributed by atoms with van der Waals surface area (Å²) in [6.07, 6.45) is 1.83. The third-order valence-electron chi connectivity index (χ3n) is 3.05. The predicted octanol–water partition coefficient (Wildman–Crippen LogP) is 0.690. The molecule has 0 spiro atoms. The number of amides is 1. The smallest absolute Gasteiger partial charge is 0.414 e. The van der Waals surface area contributed by atoms with E-state index in [4.69, 9.17) is 10.5 Å². The monoisotopic (exact) mass is 277 g/mol. The van der Waals surface area contributed by atoms with Crippen molar-refractivity contribution in [2.24, 2.45) is 5.73 Å². The van der Waals surface area contributed by atoms with Crippen molar-refractivity contribution in [3.8, 4) is 5.69 Å². The minimum atomic E-state index is -0.520. The number of rotatable bonds is 3. The van der Waals surface area contributed by atoms with Gasteiger partial charge in [-0.05, 0) is 18.2 Å². The van der Waals surface area contributed by atoms with Gasteiger partial charge in [0.2, 0.25) is 0 Å². The average Bonchev–Trinajstić information content (AvgIpc) is 3.07. The topological polar surface area (TPSA) is 86.3 Å². The van der Waals surface area contributed by atoms with Crippen LogP contribution in [0, 0.1) is 5.82 Å². The lowest BCUT2D eigenvalue weighted by molar-refractivity contribution is 0.145. The van der Waals surface area contributed by atoms with Crippen molar-refractivity contribution >= 4 is 11.8 Å². The minimum Gasteiger partial charge on any atom is -0.443 e. The molecule has 0 radical (unpaired) electrons. The van der Waals surface area contributed by atoms with Gasteiger partial charge in [0, 0.05) is 6.54 Å². The van der Waals surface area contributed by atoms with Gasteiger partial charge in [-0.15, -0.1) is 0 Å². The number of benzene rings is 1. The van der Waals surface area contributed by atoms with Crippen LogP contribution in [0.2, 0.25) is 0 Å². The Morgan fingerprint density at radius 2 is 2.35 bits per heavy atom. The summed E-state index contributed by atoms with van der Waals surface area (Å²) in [4.78, 5) is 16.8. The number of hydrogen-bond acceptors (Lipinski definition) is 5. The molecule has 0 bridgehead atoms. The molecule has 1 atom stereocenters. The van der Waals surface area contributed by atoms with E-state index in [9.17, 15) is 9.18 Å². The molecule has 2 heterocycles. The van der Waals surface area contributed by atoms with Gasteiger partial charge in [-0.25, -0.2) is 18.9 Å². The fourth-order valence-corrected chi connectivity index (χ4v) is 2.04. The molecular formula is C12H12FN5O2. The quantitative estimate of drug-likeness (QED) is 0.892. The van der Waals surface area contributed by atoms with E-state index in [2.05, 4.69) is 10.1 Å². The van der Waals surface area contributed by atoms with Crippen molar-refractivity contribution in [2.75, 3.05) is 18.0 Å². The number of anilines is 1. The second kappa shape index (κ2) is 4.89. The zero-order valence-corrected chi connectivity index (χ0v) is 10.4. The number of aromatic nitrogens is 3. The SMILES string of the molecule is NC[C@H]1CN(c2ccc(-n3cncn3)c(F)c2)C(=O)O1. The zero-order valence-electron chi connectivity index (χ0n) is 10.4. The van der Waals surface area contributed by atoms with Gasteiger partial charge < -0.3 is 10.5 Å². The largest absolute Gasteiger partial charge is 0.443 e. The number of ether oxygens (including phenoxy) is 1. The molecule has 2 aromatic rings. The Labute approximate surface area is 113 Å². The lowest BCUT2D eigenvalue weighted by Crippen LogP contribution is -2.27. The summed E-state index contributed by atoms with van der Waals surface area (Å²) < 4.78 is 20.4. The Balaban J connectivity index is 1.89. The third kappa shape index (κ3) is 2.10. The number of halogens is 1. The standard InChI is InChI=1S/C12H12FN5O2/c13-10-3-8(17-5-9(4-14)20-12(17)19)1-2-11(10)18-7-15-6-16-18/h1-3,6-7,9H,4-5,14H2/t9-/m0/s1. The van der Waals surface area contributed by atoms with E-state index in [0.29, 0.717) is 12.2 Å². The summed E-state index contributed by atoms with van der Waals surface area (Å²) in [6.45, 7) is 0.555. The molecule has 1 aliphatic heterocycles. The van der Waals surface area contributed by atoms with Crippen molar-refractivity contribution in [3.05, 3.63) is 36.7 Å². The fraction of sp³-hybridized carbons (Fsp3) is 0.250. The summed E-state index contributed by atoms with van der Waals surface area (Å²) in [5.41, 5.74) is 6.14. The molecule has 2 N–H and O–H groups in total. The first-order valence-corrected chi connectivity index (χ1v) is 6.02. The number of nitrogens with zero attached hydrogens (tertiary/aromatic N) is 4. The first kappa shape index (κ1) is 12.5. The molecule has 104 valence electrons. The summed E-state index contributed by atoms with van der Waals surface area (Å²) in [5, 5.41) is 3.86. The molecular weight excluding hydrogens is 265 g/mol. The van der Waals surface area contributed by atoms with Crippen molar-refractivity contribution in [1.82, 2.24) is 14.8 Å². The maximum absolute atomic E-state index is 14.1. The first-order chi connectivity index (χ1) is 9.69. The van der Waals surface area contributed by atoms with Crippen LogP contribution in [-0.2, 0) is 4.74 Å². The van der Waals surface area contributed by atoms with Crippen molar-refractivity contribution in [1.29, 1.82) is 0 Å². The van der Waals surface area contributed by atoms with Crippen molar-refractivity contribution in [3.63, 3.8) is 0 Å². The number of hydrogen-bond donors (Lipinski definition) is 1. The van der Waals surface area contributed by atoms with Crippen LogP contribution in [0.5, 0.6) is 0 Å². The summed E-state index contributed by atoms with van der Waals surface area (Å²) >= 11 is 0. The van der Waals surface area contributed by atoms with Gasteiger partial charge in [-0.3, -0.25) is 4.90 Å². The second-order valence-corrected chi connectivity index (χ2v) is 4.33. The highest BCUT2D eigenvalue weighted by Crippen LogP contribution is 2.24. The third-order valence-corrected chi connectivity index (χ3v) is 3.05. The Hall–Kier alpha value is -2.48. The Morgan fingerprint density at radius 3 is 2.95 bits per heavy atom. The lowest BCUT2D eigenvalue weighted by Gasteiger charge is -2.14. The number of carbonyl (C=O) groups excluding carboxylic acids is 1. The summed E-state index contributed by atoms with van der Waals surface area (Å²) in [7, 11) is 0. The number of nitrogens with two attached hydrogens (primary N) is 1. The Bertz CT molecular complexity index is 631. The molecule has 0 aliphatic carbocycles. The number of cyclic esters (lactones) is 1. The van der Waals surface area contributed by atoms with Crippen molar-refractivity contribution < 1.29 is 13.9 Å². The molecule has 1 saturated heterocycles. The van der Waals surface area contributed by atoms with Crippen LogP contribution in [0.1, 0.15) is 0 Å². The fourth-order valence-electron chi connectivity index (χ4n) is 2.04. The van der Waals surface area contributed by atoms with Gasteiger partial charge in [0.05, 0.1) is 12.2 Å². The van der Waals surface area contributed by atoms with Crippen LogP contribution in [0.15, 0.2) is 30.9 Å². The first-order valence-electron chi connectivity index (χ1n) is 6.02. The van der Waals surface area contributed by atoms with E-state index in [1.54, 1.807) is 6.07 Å². The molecule has 1 amide bonds. The molecule has 0 saturated carbocycles. The second-order valence-electron chi connectivity index (χ2n) is 4.33. The minimum absolute atomic E-state index is 0.238. The van der Waals surface area contributed by atoms with Crippen LogP contribution >= 0.6 is 0 Å². The van der Waals surface area contributed by atoms with E-state index < -0.39 is 11.9 Å². The highest BCUT2D eigenvalue weighted by Gasteiger charge is 2.31. The van der Waals surface area contributed by atoms with E-state index in [-0.39, 0.29) is 18.3 Å². The van der Waals surface area contributed by atoms with Crippen LogP contribution in [-0.4, -0.2) is 40.1 Å². The van der Waals surface area contributed by atoms with E-state index in [1.807, 2.05) is 0 Å². The van der Waals surface area contributed by atoms with Gasteiger partial charge in [-0.2, -0.15) is 5.10 Å². The van der Waals surface area contributed by atoms with Crippen LogP contribution < -0.4 is 10.6 Å². The molecule has 1 aromatic heterocycles. The Morgan fingerprint density at radius 1 is 1.50 bits per heavy atom. The summed E-state index contributed by atoms with van der Waals surface area (Å²) in [5.74, 6) is -0.503. The predicted molar refractivity (Wildman–Crippen MR) is 68.0 cm³/mol. The van der Waals surface area contributed by atoms with Gasteiger partial charge >= 0.3 is 6.09 Å². The van der Waals surface area contributed by atoms with Crippen LogP contribution in [0.25, 0.3) is 5.69 Å². The van der Waals surface area contributed by atoms with Crippen molar-refractivity contribution in [2.45, 2.75) is 6.10 Å². The number of carbonyl (C=O) groups is 1. The molecule has 3 rings (SSSR count). The lowest BCUT2D eigenvalue weighted by atomic mass is 10.2. The highest BCUT2D eigenvalue weighted by molar-refractivity contribution is 5.89. The van der Waals surface area contributed by atoms with Gasteiger partial charge in [0.1, 0.15) is 24.4 Å². The van der Waals surface area contributed by atoms with E-state index in [1.165, 1.54) is 34.4 Å². The molecule has 20 heavy (non-hydrogen) atoms. The van der Waals surface area contributed by atoms with Crippen LogP contribution in [0.4, 0.5) is 14.9 Å². The zero-order chi connectivity index (χ0) is 14.1. The normalized spacial score (nSPS) is 18.4. The van der Waals surface area contributed by atoms with Gasteiger partial charge in [0.15, 0.2) is 5.82 Å². The van der Waals surface area contributed by atoms with E-state index >= 15 is 0 Å². The molecule has 1 fully saturated rings. The molecule has 1 aliphatic rings.